The van der Waals surface area contributed by atoms with Crippen LogP contribution < -0.4 is 0 Å². The van der Waals surface area contributed by atoms with Gasteiger partial charge in [0, 0.05) is 51.0 Å². The Morgan fingerprint density at radius 2 is 2.00 bits per heavy atom. The molecule has 7 heteroatoms. The number of pyridine rings is 1. The number of nitro groups is 1. The molecule has 1 aliphatic heterocycles. The van der Waals surface area contributed by atoms with Gasteiger partial charge in [-0.05, 0) is 30.7 Å². The van der Waals surface area contributed by atoms with Crippen LogP contribution in [0.2, 0.25) is 0 Å². The third-order valence-corrected chi connectivity index (χ3v) is 4.69. The molecule has 3 rings (SSSR count). The monoisotopic (exact) mass is 344 g/mol. The van der Waals surface area contributed by atoms with Crippen LogP contribution in [0.25, 0.3) is 0 Å². The highest BCUT2D eigenvalue weighted by atomic mass is 19.1. The first-order valence-electron chi connectivity index (χ1n) is 8.35. The van der Waals surface area contributed by atoms with E-state index < -0.39 is 16.4 Å². The number of halogens is 1. The number of hydrogen-bond acceptors (Lipinski definition) is 5. The van der Waals surface area contributed by atoms with Crippen LogP contribution in [-0.4, -0.2) is 45.9 Å². The maximum atomic E-state index is 13.7. The van der Waals surface area contributed by atoms with Crippen LogP contribution in [0.15, 0.2) is 42.6 Å². The van der Waals surface area contributed by atoms with Crippen LogP contribution >= 0.6 is 0 Å². The summed E-state index contributed by atoms with van der Waals surface area (Å²) in [6.45, 7) is 6.32. The molecule has 0 spiro atoms. The first-order valence-corrected chi connectivity index (χ1v) is 8.35. The summed E-state index contributed by atoms with van der Waals surface area (Å²) in [4.78, 5) is 19.0. The molecule has 1 aromatic heterocycles. The Hall–Kier alpha value is -2.38. The van der Waals surface area contributed by atoms with Gasteiger partial charge in [0.05, 0.1) is 10.6 Å². The quantitative estimate of drug-likeness (QED) is 0.616. The lowest BCUT2D eigenvalue weighted by molar-refractivity contribution is -0.387. The van der Waals surface area contributed by atoms with Crippen molar-refractivity contribution in [1.82, 2.24) is 14.8 Å². The lowest BCUT2D eigenvalue weighted by atomic mass is 10.1. The van der Waals surface area contributed by atoms with Crippen molar-refractivity contribution in [3.8, 4) is 0 Å². The molecule has 0 bridgehead atoms. The first-order chi connectivity index (χ1) is 12.0. The van der Waals surface area contributed by atoms with Crippen molar-refractivity contribution in [1.29, 1.82) is 0 Å². The maximum Gasteiger partial charge on any atom is 0.304 e. The van der Waals surface area contributed by atoms with E-state index in [9.17, 15) is 14.5 Å². The number of nitro benzene ring substituents is 1. The van der Waals surface area contributed by atoms with E-state index in [-0.39, 0.29) is 6.04 Å². The molecule has 1 atom stereocenters. The van der Waals surface area contributed by atoms with E-state index in [1.54, 1.807) is 6.07 Å². The van der Waals surface area contributed by atoms with Gasteiger partial charge in [-0.1, -0.05) is 12.1 Å². The molecule has 1 aliphatic rings. The van der Waals surface area contributed by atoms with Crippen molar-refractivity contribution in [2.24, 2.45) is 0 Å². The van der Waals surface area contributed by atoms with Crippen molar-refractivity contribution in [3.05, 3.63) is 69.8 Å². The van der Waals surface area contributed by atoms with Crippen molar-refractivity contribution in [2.75, 3.05) is 26.2 Å². The largest absolute Gasteiger partial charge is 0.304 e. The number of aromatic nitrogens is 1. The molecule has 0 aliphatic carbocycles. The van der Waals surface area contributed by atoms with Gasteiger partial charge in [-0.2, -0.15) is 4.39 Å². The smallest absolute Gasteiger partial charge is 0.297 e. The predicted molar refractivity (Wildman–Crippen MR) is 92.6 cm³/mol. The van der Waals surface area contributed by atoms with Gasteiger partial charge in [0.15, 0.2) is 0 Å². The fraction of sp³-hybridized carbons (Fsp3) is 0.389. The Balaban J connectivity index is 1.56. The van der Waals surface area contributed by atoms with E-state index in [0.29, 0.717) is 6.54 Å². The van der Waals surface area contributed by atoms with E-state index in [4.69, 9.17) is 0 Å². The topological polar surface area (TPSA) is 62.5 Å². The highest BCUT2D eigenvalue weighted by molar-refractivity contribution is 5.35. The fourth-order valence-electron chi connectivity index (χ4n) is 3.17. The van der Waals surface area contributed by atoms with E-state index in [0.717, 1.165) is 37.4 Å². The lowest BCUT2D eigenvalue weighted by Gasteiger charge is -2.37. The summed E-state index contributed by atoms with van der Waals surface area (Å²) in [5.74, 6) is -0.773. The summed E-state index contributed by atoms with van der Waals surface area (Å²) < 4.78 is 13.7. The fourth-order valence-corrected chi connectivity index (χ4v) is 3.17. The first kappa shape index (κ1) is 17.4. The molecule has 1 saturated heterocycles. The molecule has 0 N–H and O–H groups in total. The van der Waals surface area contributed by atoms with Crippen molar-refractivity contribution in [3.63, 3.8) is 0 Å². The Bertz CT molecular complexity index is 733. The van der Waals surface area contributed by atoms with Crippen LogP contribution in [0.4, 0.5) is 10.1 Å². The summed E-state index contributed by atoms with van der Waals surface area (Å²) >= 11 is 0. The van der Waals surface area contributed by atoms with Gasteiger partial charge in [-0.3, -0.25) is 24.9 Å². The molecule has 25 heavy (non-hydrogen) atoms. The van der Waals surface area contributed by atoms with E-state index >= 15 is 0 Å². The third-order valence-electron chi connectivity index (χ3n) is 4.69. The SMILES string of the molecule is C[C@@H](c1ccccn1)N1CCN(Cc2ccc([N+](=O)[O-])c(F)c2)CC1. The highest BCUT2D eigenvalue weighted by Gasteiger charge is 2.23. The van der Waals surface area contributed by atoms with Crippen molar-refractivity contribution >= 4 is 5.69 Å². The molecule has 1 aromatic carbocycles. The number of piperazine rings is 1. The Labute approximate surface area is 146 Å². The molecule has 0 amide bonds. The number of hydrogen-bond donors (Lipinski definition) is 0. The molecule has 2 aromatic rings. The minimum atomic E-state index is -0.773. The van der Waals surface area contributed by atoms with Crippen LogP contribution in [0.3, 0.4) is 0 Å². The van der Waals surface area contributed by atoms with Crippen LogP contribution in [0.1, 0.15) is 24.2 Å². The third kappa shape index (κ3) is 4.18. The molecule has 132 valence electrons. The average Bonchev–Trinajstić information content (AvgIpc) is 2.62. The second kappa shape index (κ2) is 7.67. The number of benzene rings is 1. The summed E-state index contributed by atoms with van der Waals surface area (Å²) in [6, 6.07) is 10.3. The summed E-state index contributed by atoms with van der Waals surface area (Å²) in [7, 11) is 0. The maximum absolute atomic E-state index is 13.7. The molecule has 6 nitrogen and oxygen atoms in total. The van der Waals surface area contributed by atoms with E-state index in [1.807, 2.05) is 24.4 Å². The van der Waals surface area contributed by atoms with Gasteiger partial charge in [0.1, 0.15) is 0 Å². The minimum Gasteiger partial charge on any atom is -0.297 e. The Kier molecular flexibility index (Phi) is 5.35. The molecule has 0 saturated carbocycles. The van der Waals surface area contributed by atoms with Gasteiger partial charge < -0.3 is 0 Å². The molecule has 0 unspecified atom stereocenters. The van der Waals surface area contributed by atoms with Crippen molar-refractivity contribution in [2.45, 2.75) is 19.5 Å². The second-order valence-electron chi connectivity index (χ2n) is 6.29. The molecule has 0 radical (unpaired) electrons. The second-order valence-corrected chi connectivity index (χ2v) is 6.29. The van der Waals surface area contributed by atoms with Crippen LogP contribution in [0, 0.1) is 15.9 Å². The molecule has 1 fully saturated rings. The van der Waals surface area contributed by atoms with Crippen LogP contribution in [-0.2, 0) is 6.54 Å². The van der Waals surface area contributed by atoms with Crippen LogP contribution in [0.5, 0.6) is 0 Å². The molecular formula is C18H21FN4O2. The van der Waals surface area contributed by atoms with Gasteiger partial charge in [0.2, 0.25) is 5.82 Å². The summed E-state index contributed by atoms with van der Waals surface area (Å²) in [6.07, 6.45) is 1.81. The van der Waals surface area contributed by atoms with E-state index in [1.165, 1.54) is 12.1 Å². The number of nitrogens with zero attached hydrogens (tertiary/aromatic N) is 4. The highest BCUT2D eigenvalue weighted by Crippen LogP contribution is 2.22. The van der Waals surface area contributed by atoms with Gasteiger partial charge >= 0.3 is 5.69 Å². The van der Waals surface area contributed by atoms with Gasteiger partial charge in [-0.25, -0.2) is 0 Å². The van der Waals surface area contributed by atoms with Crippen molar-refractivity contribution < 1.29 is 9.31 Å². The zero-order valence-corrected chi connectivity index (χ0v) is 14.1. The molecule has 2 heterocycles. The number of rotatable bonds is 5. The zero-order valence-electron chi connectivity index (χ0n) is 14.1. The normalized spacial score (nSPS) is 17.4. The van der Waals surface area contributed by atoms with E-state index in [2.05, 4.69) is 21.7 Å². The Morgan fingerprint density at radius 3 is 2.60 bits per heavy atom. The summed E-state index contributed by atoms with van der Waals surface area (Å²) in [5, 5.41) is 10.7. The lowest BCUT2D eigenvalue weighted by Crippen LogP contribution is -2.46. The molecular weight excluding hydrogens is 323 g/mol. The Morgan fingerprint density at radius 1 is 1.24 bits per heavy atom. The minimum absolute atomic E-state index is 0.264. The van der Waals surface area contributed by atoms with Gasteiger partial charge in [0.25, 0.3) is 0 Å². The summed E-state index contributed by atoms with van der Waals surface area (Å²) in [5.41, 5.74) is 1.35. The zero-order chi connectivity index (χ0) is 17.8. The van der Waals surface area contributed by atoms with Gasteiger partial charge in [-0.15, -0.1) is 0 Å². The average molecular weight is 344 g/mol. The predicted octanol–water partition coefficient (Wildman–Crippen LogP) is 3.01. The standard InChI is InChI=1S/C18H21FN4O2/c1-14(17-4-2-3-7-20-17)22-10-8-21(9-11-22)13-15-5-6-18(23(24)25)16(19)12-15/h2-7,12,14H,8-11,13H2,1H3/t14-/m0/s1.